The van der Waals surface area contributed by atoms with E-state index in [9.17, 15) is 0 Å². The number of aromatic nitrogens is 1. The molecule has 1 heterocycles. The van der Waals surface area contributed by atoms with Gasteiger partial charge in [0, 0.05) is 24.5 Å². The zero-order valence-electron chi connectivity index (χ0n) is 9.12. The molecule has 3 heteroatoms. The minimum Gasteiger partial charge on any atom is -0.399 e. The third-order valence-corrected chi connectivity index (χ3v) is 2.53. The Morgan fingerprint density at radius 1 is 1.43 bits per heavy atom. The Morgan fingerprint density at radius 2 is 2.14 bits per heavy atom. The minimum atomic E-state index is 0.637. The molecule has 1 unspecified atom stereocenters. The first-order valence-corrected chi connectivity index (χ1v) is 5.05. The Kier molecular flexibility index (Phi) is 3.74. The van der Waals surface area contributed by atoms with Crippen LogP contribution in [-0.2, 0) is 0 Å². The lowest BCUT2D eigenvalue weighted by Crippen LogP contribution is -2.16. The fraction of sp³-hybridized carbons (Fsp3) is 0.545. The molecule has 78 valence electrons. The van der Waals surface area contributed by atoms with Crippen LogP contribution < -0.4 is 11.1 Å². The summed E-state index contributed by atoms with van der Waals surface area (Å²) in [4.78, 5) is 4.18. The molecule has 0 aliphatic carbocycles. The third kappa shape index (κ3) is 3.24. The van der Waals surface area contributed by atoms with Gasteiger partial charge >= 0.3 is 0 Å². The molecule has 0 aromatic carbocycles. The van der Waals surface area contributed by atoms with Crippen molar-refractivity contribution < 1.29 is 0 Å². The van der Waals surface area contributed by atoms with Crippen LogP contribution in [0, 0.1) is 11.8 Å². The largest absolute Gasteiger partial charge is 0.399 e. The van der Waals surface area contributed by atoms with Crippen LogP contribution in [0.2, 0.25) is 0 Å². The van der Waals surface area contributed by atoms with Crippen molar-refractivity contribution in [3.63, 3.8) is 0 Å². The van der Waals surface area contributed by atoms with Crippen LogP contribution >= 0.6 is 0 Å². The van der Waals surface area contributed by atoms with E-state index in [4.69, 9.17) is 5.73 Å². The summed E-state index contributed by atoms with van der Waals surface area (Å²) >= 11 is 0. The first-order chi connectivity index (χ1) is 6.59. The summed E-state index contributed by atoms with van der Waals surface area (Å²) < 4.78 is 0. The van der Waals surface area contributed by atoms with Gasteiger partial charge in [-0.2, -0.15) is 0 Å². The maximum atomic E-state index is 5.64. The molecule has 0 bridgehead atoms. The van der Waals surface area contributed by atoms with Crippen LogP contribution in [-0.4, -0.2) is 11.5 Å². The molecule has 0 aliphatic rings. The average molecular weight is 193 g/mol. The number of pyridine rings is 1. The van der Waals surface area contributed by atoms with E-state index in [-0.39, 0.29) is 0 Å². The van der Waals surface area contributed by atoms with E-state index in [1.807, 2.05) is 6.07 Å². The van der Waals surface area contributed by atoms with Gasteiger partial charge < -0.3 is 11.1 Å². The van der Waals surface area contributed by atoms with Gasteiger partial charge in [-0.3, -0.25) is 0 Å². The van der Waals surface area contributed by atoms with Crippen LogP contribution in [0.25, 0.3) is 0 Å². The minimum absolute atomic E-state index is 0.637. The van der Waals surface area contributed by atoms with E-state index in [1.54, 1.807) is 12.3 Å². The smallest absolute Gasteiger partial charge is 0.127 e. The lowest BCUT2D eigenvalue weighted by atomic mass is 9.98. The second-order valence-corrected chi connectivity index (χ2v) is 4.08. The van der Waals surface area contributed by atoms with Gasteiger partial charge in [-0.25, -0.2) is 4.98 Å². The molecule has 1 rings (SSSR count). The van der Waals surface area contributed by atoms with E-state index < -0.39 is 0 Å². The number of nitrogens with one attached hydrogen (secondary N) is 1. The predicted octanol–water partition coefficient (Wildman–Crippen LogP) is 2.37. The molecule has 0 saturated heterocycles. The Hall–Kier alpha value is -1.25. The topological polar surface area (TPSA) is 50.9 Å². The van der Waals surface area contributed by atoms with Crippen molar-refractivity contribution in [1.29, 1.82) is 0 Å². The van der Waals surface area contributed by atoms with Crippen LogP contribution in [0.5, 0.6) is 0 Å². The van der Waals surface area contributed by atoms with Crippen molar-refractivity contribution in [2.45, 2.75) is 20.8 Å². The Labute approximate surface area is 85.7 Å². The number of rotatable bonds is 4. The maximum absolute atomic E-state index is 5.64. The molecule has 1 aromatic heterocycles. The normalized spacial score (nSPS) is 12.9. The molecular weight excluding hydrogens is 174 g/mol. The van der Waals surface area contributed by atoms with Crippen LogP contribution in [0.4, 0.5) is 11.5 Å². The molecule has 0 aliphatic heterocycles. The highest BCUT2D eigenvalue weighted by Crippen LogP contribution is 2.12. The van der Waals surface area contributed by atoms with E-state index in [0.29, 0.717) is 11.8 Å². The summed E-state index contributed by atoms with van der Waals surface area (Å²) in [6.07, 6.45) is 1.72. The van der Waals surface area contributed by atoms with Crippen LogP contribution in [0.3, 0.4) is 0 Å². The Bertz CT molecular complexity index is 284. The zero-order chi connectivity index (χ0) is 10.6. The van der Waals surface area contributed by atoms with Crippen LogP contribution in [0.15, 0.2) is 18.3 Å². The van der Waals surface area contributed by atoms with Gasteiger partial charge in [0.25, 0.3) is 0 Å². The molecular formula is C11H19N3. The summed E-state index contributed by atoms with van der Waals surface area (Å²) in [5.74, 6) is 2.18. The van der Waals surface area contributed by atoms with Gasteiger partial charge in [0.15, 0.2) is 0 Å². The van der Waals surface area contributed by atoms with Gasteiger partial charge in [0.05, 0.1) is 0 Å². The van der Waals surface area contributed by atoms with Crippen molar-refractivity contribution in [2.24, 2.45) is 11.8 Å². The lowest BCUT2D eigenvalue weighted by Gasteiger charge is -2.16. The maximum Gasteiger partial charge on any atom is 0.127 e. The molecule has 0 amide bonds. The number of nitrogens with zero attached hydrogens (tertiary/aromatic N) is 1. The van der Waals surface area contributed by atoms with E-state index in [0.717, 1.165) is 18.1 Å². The quantitative estimate of drug-likeness (QED) is 0.771. The molecule has 1 atom stereocenters. The fourth-order valence-corrected chi connectivity index (χ4v) is 1.04. The first-order valence-electron chi connectivity index (χ1n) is 5.05. The molecule has 0 radical (unpaired) electrons. The van der Waals surface area contributed by atoms with Gasteiger partial charge in [-0.05, 0) is 17.9 Å². The number of nitrogens with two attached hydrogens (primary N) is 1. The lowest BCUT2D eigenvalue weighted by molar-refractivity contribution is 0.439. The highest BCUT2D eigenvalue weighted by molar-refractivity contribution is 5.48. The van der Waals surface area contributed by atoms with Gasteiger partial charge in [0.1, 0.15) is 5.82 Å². The Balaban J connectivity index is 2.45. The van der Waals surface area contributed by atoms with Gasteiger partial charge in [-0.1, -0.05) is 20.8 Å². The summed E-state index contributed by atoms with van der Waals surface area (Å²) in [6.45, 7) is 7.61. The van der Waals surface area contributed by atoms with Crippen molar-refractivity contribution in [2.75, 3.05) is 17.6 Å². The second kappa shape index (κ2) is 4.84. The summed E-state index contributed by atoms with van der Waals surface area (Å²) in [7, 11) is 0. The van der Waals surface area contributed by atoms with Gasteiger partial charge in [-0.15, -0.1) is 0 Å². The predicted molar refractivity (Wildman–Crippen MR) is 61.1 cm³/mol. The third-order valence-electron chi connectivity index (χ3n) is 2.53. The standard InChI is InChI=1S/C11H19N3/c1-8(2)9(3)7-14-11-6-10(12)4-5-13-11/h4-6,8-9H,7H2,1-3H3,(H3,12,13,14). The van der Waals surface area contributed by atoms with Gasteiger partial charge in [0.2, 0.25) is 0 Å². The molecule has 3 N–H and O–H groups in total. The fourth-order valence-electron chi connectivity index (χ4n) is 1.04. The number of nitrogen functional groups attached to an aromatic ring is 1. The van der Waals surface area contributed by atoms with Crippen molar-refractivity contribution in [1.82, 2.24) is 4.98 Å². The Morgan fingerprint density at radius 3 is 2.71 bits per heavy atom. The first kappa shape index (κ1) is 10.8. The summed E-state index contributed by atoms with van der Waals surface area (Å²) in [5.41, 5.74) is 6.39. The van der Waals surface area contributed by atoms with Crippen molar-refractivity contribution in [3.05, 3.63) is 18.3 Å². The van der Waals surface area contributed by atoms with Crippen molar-refractivity contribution >= 4 is 11.5 Å². The molecule has 1 aromatic rings. The molecule has 0 spiro atoms. The molecule has 0 saturated carbocycles. The van der Waals surface area contributed by atoms with Crippen molar-refractivity contribution in [3.8, 4) is 0 Å². The van der Waals surface area contributed by atoms with E-state index in [2.05, 4.69) is 31.1 Å². The molecule has 0 fully saturated rings. The molecule has 14 heavy (non-hydrogen) atoms. The van der Waals surface area contributed by atoms with Crippen LogP contribution in [0.1, 0.15) is 20.8 Å². The molecule has 3 nitrogen and oxygen atoms in total. The number of hydrogen-bond acceptors (Lipinski definition) is 3. The average Bonchev–Trinajstić information content (AvgIpc) is 2.14. The monoisotopic (exact) mass is 193 g/mol. The van der Waals surface area contributed by atoms with E-state index in [1.165, 1.54) is 0 Å². The van der Waals surface area contributed by atoms with E-state index >= 15 is 0 Å². The summed E-state index contributed by atoms with van der Waals surface area (Å²) in [6, 6.07) is 3.64. The highest BCUT2D eigenvalue weighted by atomic mass is 15.0. The highest BCUT2D eigenvalue weighted by Gasteiger charge is 2.06. The number of hydrogen-bond donors (Lipinski definition) is 2. The SMILES string of the molecule is CC(C)C(C)CNc1cc(N)ccn1. The second-order valence-electron chi connectivity index (χ2n) is 4.08. The zero-order valence-corrected chi connectivity index (χ0v) is 9.12. The summed E-state index contributed by atoms with van der Waals surface area (Å²) in [5, 5.41) is 3.28. The number of anilines is 2.